The number of methoxy groups -OCH3 is 2. The molecular weight excluding hydrogens is 859 g/mol. The number of benzene rings is 1. The molecular formula is C53H81NO13. The number of piperidine rings is 1. The molecule has 15 unspecified atom stereocenters. The van der Waals surface area contributed by atoms with Crippen LogP contribution in [0.3, 0.4) is 0 Å². The Morgan fingerprint density at radius 1 is 0.925 bits per heavy atom. The molecule has 3 N–H and O–H groups in total. The van der Waals surface area contributed by atoms with Crippen molar-refractivity contribution in [2.45, 2.75) is 193 Å². The van der Waals surface area contributed by atoms with Gasteiger partial charge in [0.25, 0.3) is 11.7 Å². The minimum absolute atomic E-state index is 0.0227. The number of carbonyl (C=O) groups is 4. The first-order chi connectivity index (χ1) is 31.8. The molecule has 67 heavy (non-hydrogen) atoms. The van der Waals surface area contributed by atoms with Crippen LogP contribution in [-0.2, 0) is 47.6 Å². The number of amides is 1. The van der Waals surface area contributed by atoms with Crippen molar-refractivity contribution in [2.75, 3.05) is 27.4 Å². The van der Waals surface area contributed by atoms with E-state index in [4.69, 9.17) is 28.4 Å². The zero-order valence-electron chi connectivity index (χ0n) is 41.8. The molecule has 376 valence electrons. The number of aliphatic hydroxyl groups is 3. The molecule has 2 saturated heterocycles. The Hall–Kier alpha value is -3.34. The summed E-state index contributed by atoms with van der Waals surface area (Å²) in [6.07, 6.45) is 3.30. The first-order valence-corrected chi connectivity index (χ1v) is 24.9. The van der Waals surface area contributed by atoms with E-state index in [1.54, 1.807) is 13.8 Å². The number of carbonyl (C=O) groups excluding carboxylic acids is 4. The Morgan fingerprint density at radius 2 is 1.61 bits per heavy atom. The average molecular weight is 940 g/mol. The van der Waals surface area contributed by atoms with E-state index in [0.29, 0.717) is 56.9 Å². The molecule has 5 rings (SSSR count). The summed E-state index contributed by atoms with van der Waals surface area (Å²) >= 11 is 0. The van der Waals surface area contributed by atoms with Crippen LogP contribution in [-0.4, -0.2) is 132 Å². The van der Waals surface area contributed by atoms with E-state index in [1.807, 2.05) is 71.0 Å². The third-order valence-electron chi connectivity index (χ3n) is 14.7. The maximum Gasteiger partial charge on any atom is 0.329 e. The van der Waals surface area contributed by atoms with Gasteiger partial charge in [0, 0.05) is 44.9 Å². The van der Waals surface area contributed by atoms with Crippen LogP contribution in [0.15, 0.2) is 53.6 Å². The van der Waals surface area contributed by atoms with E-state index in [2.05, 4.69) is 13.0 Å². The molecule has 1 aromatic carbocycles. The Bertz CT molecular complexity index is 1850. The molecule has 3 heterocycles. The van der Waals surface area contributed by atoms with Crippen molar-refractivity contribution in [3.8, 4) is 0 Å². The fourth-order valence-electron chi connectivity index (χ4n) is 10.8. The lowest BCUT2D eigenvalue weighted by atomic mass is 9.81. The summed E-state index contributed by atoms with van der Waals surface area (Å²) in [6, 6.07) is 8.23. The molecule has 1 amide bonds. The van der Waals surface area contributed by atoms with Crippen LogP contribution >= 0.6 is 0 Å². The summed E-state index contributed by atoms with van der Waals surface area (Å²) in [6.45, 7) is 15.4. The summed E-state index contributed by atoms with van der Waals surface area (Å²) in [7, 11) is 3.07. The monoisotopic (exact) mass is 940 g/mol. The average Bonchev–Trinajstić information content (AvgIpc) is 3.30. The fourth-order valence-corrected chi connectivity index (χ4v) is 10.8. The van der Waals surface area contributed by atoms with Gasteiger partial charge in [0.2, 0.25) is 5.79 Å². The van der Waals surface area contributed by atoms with Gasteiger partial charge in [-0.25, -0.2) is 4.79 Å². The van der Waals surface area contributed by atoms with E-state index in [1.165, 1.54) is 19.1 Å². The topological polar surface area (TPSA) is 188 Å². The van der Waals surface area contributed by atoms with E-state index in [-0.39, 0.29) is 68.3 Å². The third-order valence-corrected chi connectivity index (χ3v) is 14.7. The van der Waals surface area contributed by atoms with E-state index in [9.17, 15) is 34.5 Å². The van der Waals surface area contributed by atoms with Crippen LogP contribution in [0.25, 0.3) is 0 Å². The number of nitrogens with zero attached hydrogens (tertiary/aromatic N) is 1. The van der Waals surface area contributed by atoms with E-state index < -0.39 is 83.9 Å². The summed E-state index contributed by atoms with van der Waals surface area (Å²) in [5.74, 6) is -7.63. The minimum atomic E-state index is -2.52. The van der Waals surface area contributed by atoms with Gasteiger partial charge < -0.3 is 48.6 Å². The second-order valence-electron chi connectivity index (χ2n) is 20.3. The quantitative estimate of drug-likeness (QED) is 0.117. The van der Waals surface area contributed by atoms with Crippen LogP contribution in [0, 0.1) is 29.6 Å². The minimum Gasteiger partial charge on any atom is -0.456 e. The molecule has 1 aromatic rings. The maximum absolute atomic E-state index is 14.6. The Balaban J connectivity index is 1.47. The van der Waals surface area contributed by atoms with Crippen LogP contribution in [0.1, 0.15) is 138 Å². The van der Waals surface area contributed by atoms with Gasteiger partial charge in [0.15, 0.2) is 0 Å². The predicted molar refractivity (Wildman–Crippen MR) is 252 cm³/mol. The Kier molecular flexibility index (Phi) is 20.4. The van der Waals surface area contributed by atoms with Crippen LogP contribution in [0.5, 0.6) is 0 Å². The van der Waals surface area contributed by atoms with Gasteiger partial charge in [-0.15, -0.1) is 0 Å². The highest BCUT2D eigenvalue weighted by Crippen LogP contribution is 2.40. The Morgan fingerprint density at radius 3 is 2.27 bits per heavy atom. The van der Waals surface area contributed by atoms with Crippen molar-refractivity contribution in [2.24, 2.45) is 29.6 Å². The fraction of sp³-hybridized carbons (Fsp3) is 0.736. The van der Waals surface area contributed by atoms with Gasteiger partial charge in [0.1, 0.15) is 30.1 Å². The lowest BCUT2D eigenvalue weighted by Gasteiger charge is -2.47. The SMILES string of the molecule is CCC1/C=C(\C)CC(C)CC(OC)C2OC(O)(C(=O)C(=O)N3CCCCC3C(=O)OC(C(C)=CC3CCC(OCC(O)c4ccccc4)C(OC(C)C)C3)C(C)C(O)CC1=O)C(C)CC2OC. The lowest BCUT2D eigenvalue weighted by molar-refractivity contribution is -0.302. The van der Waals surface area contributed by atoms with Gasteiger partial charge >= 0.3 is 5.97 Å². The standard InChI is InChI=1S/C53H81NO13/c1-11-38-24-32(4)23-33(5)25-46(62-9)49-47(63-10)27-35(7)53(61,67-49)50(58)51(59)54-22-16-15-19-40(54)52(60)66-48(36(8)41(55)29-42(38)56)34(6)26-37-20-21-44(45(28-37)65-31(2)3)64-30-43(57)39-17-13-12-14-18-39/h12-14,17-18,24,26,31,33,35-38,40-41,43-49,55,57,61H,11,15-16,19-23,25,27-30H2,1-10H3/b32-24+,34-26?. The number of Topliss-reactive ketones (excluding diaryl/α,β-unsaturated/α-hetero) is 2. The molecule has 3 fully saturated rings. The molecule has 0 spiro atoms. The van der Waals surface area contributed by atoms with Crippen molar-refractivity contribution in [1.82, 2.24) is 4.90 Å². The number of aliphatic hydroxyl groups excluding tert-OH is 2. The van der Waals surface area contributed by atoms with E-state index >= 15 is 0 Å². The number of hydrogen-bond donors (Lipinski definition) is 3. The molecule has 3 aliphatic heterocycles. The highest BCUT2D eigenvalue weighted by Gasteiger charge is 2.56. The normalized spacial score (nSPS) is 37.2. The Labute approximate surface area is 399 Å². The van der Waals surface area contributed by atoms with Crippen molar-refractivity contribution >= 4 is 23.4 Å². The van der Waals surface area contributed by atoms with Gasteiger partial charge in [-0.05, 0) is 115 Å². The van der Waals surface area contributed by atoms with E-state index in [0.717, 1.165) is 11.1 Å². The molecule has 1 aliphatic carbocycles. The number of rotatable bonds is 11. The first kappa shape index (κ1) is 54.6. The highest BCUT2D eigenvalue weighted by molar-refractivity contribution is 6.39. The predicted octanol–water partition coefficient (Wildman–Crippen LogP) is 7.01. The van der Waals surface area contributed by atoms with Crippen molar-refractivity contribution in [1.29, 1.82) is 0 Å². The summed E-state index contributed by atoms with van der Waals surface area (Å²) in [5, 5.41) is 34.9. The van der Waals surface area contributed by atoms with Gasteiger partial charge in [-0.2, -0.15) is 0 Å². The van der Waals surface area contributed by atoms with Gasteiger partial charge in [-0.1, -0.05) is 75.8 Å². The smallest absolute Gasteiger partial charge is 0.329 e. The van der Waals surface area contributed by atoms with Crippen LogP contribution < -0.4 is 0 Å². The molecule has 4 aliphatic rings. The second-order valence-corrected chi connectivity index (χ2v) is 20.3. The van der Waals surface area contributed by atoms with Crippen molar-refractivity contribution < 1.29 is 62.9 Å². The first-order valence-electron chi connectivity index (χ1n) is 24.9. The number of hydrogen-bond acceptors (Lipinski definition) is 13. The molecule has 0 radical (unpaired) electrons. The number of ketones is 2. The molecule has 15 atom stereocenters. The van der Waals surface area contributed by atoms with Crippen LogP contribution in [0.4, 0.5) is 0 Å². The number of fused-ring (bicyclic) bond motifs is 3. The summed E-state index contributed by atoms with van der Waals surface area (Å²) in [5.41, 5.74) is 2.43. The lowest BCUT2D eigenvalue weighted by Crippen LogP contribution is -2.64. The van der Waals surface area contributed by atoms with Gasteiger partial charge in [0.05, 0.1) is 43.2 Å². The summed E-state index contributed by atoms with van der Waals surface area (Å²) < 4.78 is 37.2. The summed E-state index contributed by atoms with van der Waals surface area (Å²) in [4.78, 5) is 58.6. The van der Waals surface area contributed by atoms with Crippen LogP contribution in [0.2, 0.25) is 0 Å². The van der Waals surface area contributed by atoms with Crippen molar-refractivity contribution in [3.63, 3.8) is 0 Å². The molecule has 2 bridgehead atoms. The highest BCUT2D eigenvalue weighted by atomic mass is 16.7. The third kappa shape index (κ3) is 13.9. The molecule has 14 heteroatoms. The number of ether oxygens (including phenoxy) is 6. The number of allylic oxidation sites excluding steroid dienone is 3. The zero-order chi connectivity index (χ0) is 49.2. The van der Waals surface area contributed by atoms with Gasteiger partial charge in [-0.3, -0.25) is 14.4 Å². The molecule has 1 saturated carbocycles. The number of cyclic esters (lactones) is 1. The zero-order valence-corrected chi connectivity index (χ0v) is 41.8. The maximum atomic E-state index is 14.6. The van der Waals surface area contributed by atoms with Crippen molar-refractivity contribution in [3.05, 3.63) is 59.2 Å². The largest absolute Gasteiger partial charge is 0.456 e. The molecule has 0 aromatic heterocycles. The second kappa shape index (κ2) is 25.0. The molecule has 14 nitrogen and oxygen atoms in total. The number of esters is 1.